The van der Waals surface area contributed by atoms with E-state index in [2.05, 4.69) is 58.9 Å². The Labute approximate surface area is 174 Å². The van der Waals surface area contributed by atoms with E-state index in [4.69, 9.17) is 9.72 Å². The molecular formula is C25H33N3O. The number of nitrogens with zero attached hydrogens (tertiary/aromatic N) is 3. The summed E-state index contributed by atoms with van der Waals surface area (Å²) >= 11 is 0. The van der Waals surface area contributed by atoms with E-state index >= 15 is 0 Å². The zero-order chi connectivity index (χ0) is 19.9. The molecule has 4 heteroatoms. The molecule has 0 aliphatic carbocycles. The number of fused-ring (bicyclic) bond motifs is 1. The number of hydrogen-bond donors (Lipinski definition) is 0. The molecule has 4 rings (SSSR count). The van der Waals surface area contributed by atoms with Gasteiger partial charge in [-0.1, -0.05) is 43.2 Å². The van der Waals surface area contributed by atoms with Gasteiger partial charge in [0.1, 0.15) is 11.6 Å². The van der Waals surface area contributed by atoms with Crippen molar-refractivity contribution < 1.29 is 4.74 Å². The standard InChI is InChI=1S/C25H33N3O/c1-21-12-4-7-15-24(21)29-19-11-10-18-28-23-14-6-5-13-22(23)26-25(28)20-27-16-8-2-3-9-17-27/h4-7,12-15H,2-3,8-11,16-20H2,1H3. The van der Waals surface area contributed by atoms with Crippen LogP contribution >= 0.6 is 0 Å². The van der Waals surface area contributed by atoms with Crippen molar-refractivity contribution >= 4 is 11.0 Å². The number of unbranched alkanes of at least 4 members (excludes halogenated alkanes) is 1. The van der Waals surface area contributed by atoms with Crippen LogP contribution in [0.3, 0.4) is 0 Å². The minimum Gasteiger partial charge on any atom is -0.493 e. The third-order valence-electron chi connectivity index (χ3n) is 5.92. The van der Waals surface area contributed by atoms with Crippen LogP contribution in [0.1, 0.15) is 49.9 Å². The van der Waals surface area contributed by atoms with E-state index in [9.17, 15) is 0 Å². The van der Waals surface area contributed by atoms with E-state index in [1.54, 1.807) is 0 Å². The predicted octanol–water partition coefficient (Wildman–Crippen LogP) is 5.58. The van der Waals surface area contributed by atoms with Crippen LogP contribution < -0.4 is 4.74 Å². The quantitative estimate of drug-likeness (QED) is 0.470. The molecule has 2 heterocycles. The third kappa shape index (κ3) is 5.18. The number of likely N-dealkylation sites (tertiary alicyclic amines) is 1. The fourth-order valence-corrected chi connectivity index (χ4v) is 4.26. The van der Waals surface area contributed by atoms with Crippen molar-refractivity contribution in [1.29, 1.82) is 0 Å². The van der Waals surface area contributed by atoms with Gasteiger partial charge in [0.05, 0.1) is 24.2 Å². The molecule has 1 fully saturated rings. The topological polar surface area (TPSA) is 30.3 Å². The molecule has 0 N–H and O–H groups in total. The molecule has 0 spiro atoms. The van der Waals surface area contributed by atoms with Crippen LogP contribution in [0.5, 0.6) is 5.75 Å². The number of aryl methyl sites for hydroxylation is 2. The van der Waals surface area contributed by atoms with Crippen LogP contribution in [0, 0.1) is 6.92 Å². The Morgan fingerprint density at radius 2 is 1.66 bits per heavy atom. The number of benzene rings is 2. The van der Waals surface area contributed by atoms with Crippen molar-refractivity contribution in [3.8, 4) is 5.75 Å². The van der Waals surface area contributed by atoms with Gasteiger partial charge in [0.25, 0.3) is 0 Å². The molecule has 0 unspecified atom stereocenters. The lowest BCUT2D eigenvalue weighted by atomic mass is 10.2. The summed E-state index contributed by atoms with van der Waals surface area (Å²) < 4.78 is 8.41. The van der Waals surface area contributed by atoms with Crippen LogP contribution in [-0.4, -0.2) is 34.1 Å². The van der Waals surface area contributed by atoms with Crippen molar-refractivity contribution in [3.63, 3.8) is 0 Å². The lowest BCUT2D eigenvalue weighted by Gasteiger charge is -2.20. The summed E-state index contributed by atoms with van der Waals surface area (Å²) in [7, 11) is 0. The summed E-state index contributed by atoms with van der Waals surface area (Å²) in [5, 5.41) is 0. The molecule has 1 aliphatic heterocycles. The van der Waals surface area contributed by atoms with Crippen molar-refractivity contribution in [3.05, 3.63) is 59.9 Å². The van der Waals surface area contributed by atoms with Gasteiger partial charge in [-0.3, -0.25) is 4.90 Å². The van der Waals surface area contributed by atoms with Gasteiger partial charge in [0.2, 0.25) is 0 Å². The number of rotatable bonds is 8. The molecule has 4 nitrogen and oxygen atoms in total. The van der Waals surface area contributed by atoms with Gasteiger partial charge in [-0.2, -0.15) is 0 Å². The van der Waals surface area contributed by atoms with E-state index in [0.717, 1.165) is 43.8 Å². The summed E-state index contributed by atoms with van der Waals surface area (Å²) in [4.78, 5) is 7.57. The summed E-state index contributed by atoms with van der Waals surface area (Å²) in [6, 6.07) is 16.8. The second kappa shape index (κ2) is 9.93. The highest BCUT2D eigenvalue weighted by Crippen LogP contribution is 2.20. The van der Waals surface area contributed by atoms with Crippen molar-refractivity contribution in [2.75, 3.05) is 19.7 Å². The molecule has 1 aromatic heterocycles. The van der Waals surface area contributed by atoms with Crippen LogP contribution in [0.15, 0.2) is 48.5 Å². The first-order valence-corrected chi connectivity index (χ1v) is 11.2. The van der Waals surface area contributed by atoms with E-state index in [-0.39, 0.29) is 0 Å². The normalized spacial score (nSPS) is 15.5. The molecule has 0 bridgehead atoms. The zero-order valence-electron chi connectivity index (χ0n) is 17.6. The van der Waals surface area contributed by atoms with Crippen LogP contribution in [0.4, 0.5) is 0 Å². The summed E-state index contributed by atoms with van der Waals surface area (Å²) in [5.74, 6) is 2.22. The van der Waals surface area contributed by atoms with Gasteiger partial charge in [0.15, 0.2) is 0 Å². The predicted molar refractivity (Wildman–Crippen MR) is 119 cm³/mol. The molecule has 29 heavy (non-hydrogen) atoms. The average molecular weight is 392 g/mol. The number of ether oxygens (including phenoxy) is 1. The molecule has 154 valence electrons. The minimum absolute atomic E-state index is 0.763. The van der Waals surface area contributed by atoms with Crippen LogP contribution in [0.2, 0.25) is 0 Å². The molecule has 2 aromatic carbocycles. The summed E-state index contributed by atoms with van der Waals surface area (Å²) in [6.07, 6.45) is 7.51. The monoisotopic (exact) mass is 391 g/mol. The maximum atomic E-state index is 5.98. The summed E-state index contributed by atoms with van der Waals surface area (Å²) in [5.41, 5.74) is 3.58. The highest BCUT2D eigenvalue weighted by Gasteiger charge is 2.15. The van der Waals surface area contributed by atoms with E-state index in [0.29, 0.717) is 0 Å². The molecular weight excluding hydrogens is 358 g/mol. The Balaban J connectivity index is 1.38. The molecule has 0 saturated carbocycles. The van der Waals surface area contributed by atoms with Crippen molar-refractivity contribution in [1.82, 2.24) is 14.5 Å². The van der Waals surface area contributed by atoms with Gasteiger partial charge >= 0.3 is 0 Å². The van der Waals surface area contributed by atoms with Crippen LogP contribution in [0.25, 0.3) is 11.0 Å². The SMILES string of the molecule is Cc1ccccc1OCCCCn1c(CN2CCCCCC2)nc2ccccc21. The van der Waals surface area contributed by atoms with E-state index in [1.807, 2.05) is 6.07 Å². The first-order valence-electron chi connectivity index (χ1n) is 11.2. The second-order valence-corrected chi connectivity index (χ2v) is 8.18. The Hall–Kier alpha value is -2.33. The lowest BCUT2D eigenvalue weighted by molar-refractivity contribution is 0.264. The fourth-order valence-electron chi connectivity index (χ4n) is 4.26. The maximum Gasteiger partial charge on any atom is 0.124 e. The number of imidazole rings is 1. The van der Waals surface area contributed by atoms with Gasteiger partial charge in [-0.25, -0.2) is 4.98 Å². The largest absolute Gasteiger partial charge is 0.493 e. The molecule has 1 saturated heterocycles. The molecule has 0 atom stereocenters. The Bertz CT molecular complexity index is 909. The Morgan fingerprint density at radius 1 is 0.897 bits per heavy atom. The van der Waals surface area contributed by atoms with Crippen LogP contribution in [-0.2, 0) is 13.1 Å². The van der Waals surface area contributed by atoms with Gasteiger partial charge < -0.3 is 9.30 Å². The Kier molecular flexibility index (Phi) is 6.83. The first kappa shape index (κ1) is 20.0. The van der Waals surface area contributed by atoms with E-state index in [1.165, 1.54) is 55.7 Å². The first-order chi connectivity index (χ1) is 14.3. The smallest absolute Gasteiger partial charge is 0.124 e. The Morgan fingerprint density at radius 3 is 2.48 bits per heavy atom. The van der Waals surface area contributed by atoms with E-state index < -0.39 is 0 Å². The summed E-state index contributed by atoms with van der Waals surface area (Å²) in [6.45, 7) is 7.23. The number of aromatic nitrogens is 2. The molecule has 0 amide bonds. The highest BCUT2D eigenvalue weighted by molar-refractivity contribution is 5.75. The maximum absolute atomic E-state index is 5.98. The van der Waals surface area contributed by atoms with Gasteiger partial charge in [0, 0.05) is 6.54 Å². The number of para-hydroxylation sites is 3. The second-order valence-electron chi connectivity index (χ2n) is 8.18. The van der Waals surface area contributed by atoms with Crippen molar-refractivity contribution in [2.45, 2.75) is 58.5 Å². The number of hydrogen-bond acceptors (Lipinski definition) is 3. The average Bonchev–Trinajstić information content (AvgIpc) is 2.89. The molecule has 0 radical (unpaired) electrons. The zero-order valence-corrected chi connectivity index (χ0v) is 17.6. The molecule has 3 aromatic rings. The minimum atomic E-state index is 0.763. The fraction of sp³-hybridized carbons (Fsp3) is 0.480. The third-order valence-corrected chi connectivity index (χ3v) is 5.92. The highest BCUT2D eigenvalue weighted by atomic mass is 16.5. The lowest BCUT2D eigenvalue weighted by Crippen LogP contribution is -2.26. The van der Waals surface area contributed by atoms with Gasteiger partial charge in [-0.05, 0) is 69.5 Å². The molecule has 1 aliphatic rings. The van der Waals surface area contributed by atoms with Gasteiger partial charge in [-0.15, -0.1) is 0 Å². The van der Waals surface area contributed by atoms with Crippen molar-refractivity contribution in [2.24, 2.45) is 0 Å².